The summed E-state index contributed by atoms with van der Waals surface area (Å²) in [5, 5.41) is 12.7. The number of carbonyl (C=O) groups excluding carboxylic acids is 1. The molecular formula is C16H23NO3S. The molecule has 0 saturated carbocycles. The molecule has 0 aromatic carbocycles. The van der Waals surface area contributed by atoms with E-state index in [0.29, 0.717) is 16.5 Å². The number of carbonyl (C=O) groups is 2. The molecule has 0 aliphatic heterocycles. The average Bonchev–Trinajstić information content (AvgIpc) is 2.65. The Kier molecular flexibility index (Phi) is 4.15. The largest absolute Gasteiger partial charge is 0.478 e. The van der Waals surface area contributed by atoms with E-state index in [0.717, 1.165) is 23.3 Å². The number of amides is 1. The van der Waals surface area contributed by atoms with Crippen LogP contribution in [0, 0.1) is 11.3 Å². The van der Waals surface area contributed by atoms with Gasteiger partial charge in [0.15, 0.2) is 0 Å². The van der Waals surface area contributed by atoms with Crippen LogP contribution in [0.15, 0.2) is 0 Å². The van der Waals surface area contributed by atoms with Crippen LogP contribution in [0.2, 0.25) is 0 Å². The Morgan fingerprint density at radius 1 is 1.33 bits per heavy atom. The highest BCUT2D eigenvalue weighted by atomic mass is 32.1. The maximum atomic E-state index is 11.6. The molecule has 0 saturated heterocycles. The molecule has 1 amide bonds. The summed E-state index contributed by atoms with van der Waals surface area (Å²) in [4.78, 5) is 24.0. The first-order valence-corrected chi connectivity index (χ1v) is 8.09. The summed E-state index contributed by atoms with van der Waals surface area (Å²) in [6.45, 7) is 10.2. The van der Waals surface area contributed by atoms with E-state index in [1.54, 1.807) is 0 Å². The number of carboxylic acid groups (broad SMARTS) is 1. The third kappa shape index (κ3) is 3.12. The third-order valence-corrected chi connectivity index (χ3v) is 5.46. The van der Waals surface area contributed by atoms with E-state index in [1.807, 2.05) is 0 Å². The minimum absolute atomic E-state index is 0.202. The number of thiophene rings is 1. The molecule has 4 nitrogen and oxygen atoms in total. The Hall–Kier alpha value is -1.36. The molecule has 2 N–H and O–H groups in total. The lowest BCUT2D eigenvalue weighted by Crippen LogP contribution is -2.28. The van der Waals surface area contributed by atoms with Gasteiger partial charge in [-0.3, -0.25) is 4.79 Å². The minimum Gasteiger partial charge on any atom is -0.478 e. The minimum atomic E-state index is -0.947. The number of carboxylic acids is 1. The molecule has 2 rings (SSSR count). The van der Waals surface area contributed by atoms with E-state index in [9.17, 15) is 14.7 Å². The molecule has 1 aromatic heterocycles. The second kappa shape index (κ2) is 5.44. The van der Waals surface area contributed by atoms with Crippen molar-refractivity contribution in [3.8, 4) is 0 Å². The van der Waals surface area contributed by atoms with Crippen molar-refractivity contribution >= 4 is 28.2 Å². The van der Waals surface area contributed by atoms with Gasteiger partial charge < -0.3 is 10.4 Å². The lowest BCUT2D eigenvalue weighted by atomic mass is 9.69. The second-order valence-electron chi connectivity index (χ2n) is 7.03. The van der Waals surface area contributed by atoms with Crippen LogP contribution in [0.5, 0.6) is 0 Å². The van der Waals surface area contributed by atoms with Crippen molar-refractivity contribution < 1.29 is 14.7 Å². The van der Waals surface area contributed by atoms with Crippen molar-refractivity contribution in [3.05, 3.63) is 16.0 Å². The molecule has 1 heterocycles. The molecule has 0 fully saturated rings. The Morgan fingerprint density at radius 2 is 1.95 bits per heavy atom. The first-order valence-electron chi connectivity index (χ1n) is 7.27. The normalized spacial score (nSPS) is 21.8. The van der Waals surface area contributed by atoms with Gasteiger partial charge in [-0.25, -0.2) is 4.79 Å². The number of nitrogens with one attached hydrogen (secondary N) is 1. The lowest BCUT2D eigenvalue weighted by molar-refractivity contribution is -0.114. The molecule has 116 valence electrons. The maximum Gasteiger partial charge on any atom is 0.339 e. The van der Waals surface area contributed by atoms with Gasteiger partial charge in [-0.2, -0.15) is 0 Å². The van der Waals surface area contributed by atoms with Crippen molar-refractivity contribution in [2.45, 2.75) is 53.4 Å². The summed E-state index contributed by atoms with van der Waals surface area (Å²) >= 11 is 1.43. The zero-order chi connectivity index (χ0) is 15.9. The van der Waals surface area contributed by atoms with Crippen LogP contribution in [0.1, 0.15) is 67.8 Å². The Bertz CT molecular complexity index is 583. The van der Waals surface area contributed by atoms with Crippen LogP contribution in [0.4, 0.5) is 5.00 Å². The van der Waals surface area contributed by atoms with Gasteiger partial charge in [-0.1, -0.05) is 27.7 Å². The van der Waals surface area contributed by atoms with Gasteiger partial charge in [-0.15, -0.1) is 11.3 Å². The zero-order valence-electron chi connectivity index (χ0n) is 13.2. The zero-order valence-corrected chi connectivity index (χ0v) is 14.1. The third-order valence-electron chi connectivity index (χ3n) is 4.31. The van der Waals surface area contributed by atoms with Crippen molar-refractivity contribution in [2.75, 3.05) is 5.32 Å². The average molecular weight is 309 g/mol. The summed E-state index contributed by atoms with van der Waals surface area (Å²) in [7, 11) is 0. The number of fused-ring (bicyclic) bond motifs is 1. The molecule has 1 aliphatic carbocycles. The van der Waals surface area contributed by atoms with Crippen LogP contribution < -0.4 is 5.32 Å². The predicted molar refractivity (Wildman–Crippen MR) is 85.3 cm³/mol. The van der Waals surface area contributed by atoms with E-state index in [-0.39, 0.29) is 17.2 Å². The van der Waals surface area contributed by atoms with Crippen molar-refractivity contribution in [3.63, 3.8) is 0 Å². The fraction of sp³-hybridized carbons (Fsp3) is 0.625. The lowest BCUT2D eigenvalue weighted by Gasteiger charge is -2.36. The highest BCUT2D eigenvalue weighted by molar-refractivity contribution is 7.17. The summed E-state index contributed by atoms with van der Waals surface area (Å²) in [5.74, 6) is -0.429. The molecule has 2 unspecified atom stereocenters. The SMILES string of the molecule is CC(=O)Nc1sc2c(c1C(=O)O)C(C)CC(C(C)(C)C)C2. The van der Waals surface area contributed by atoms with Crippen LogP contribution in [-0.4, -0.2) is 17.0 Å². The van der Waals surface area contributed by atoms with E-state index < -0.39 is 5.97 Å². The predicted octanol–water partition coefficient (Wildman–Crippen LogP) is 4.12. The topological polar surface area (TPSA) is 66.4 Å². The van der Waals surface area contributed by atoms with Gasteiger partial charge in [0.1, 0.15) is 5.00 Å². The summed E-state index contributed by atoms with van der Waals surface area (Å²) < 4.78 is 0. The molecule has 0 radical (unpaired) electrons. The summed E-state index contributed by atoms with van der Waals surface area (Å²) in [6, 6.07) is 0. The molecule has 0 spiro atoms. The fourth-order valence-corrected chi connectivity index (χ4v) is 4.57. The highest BCUT2D eigenvalue weighted by Gasteiger charge is 2.37. The maximum absolute atomic E-state index is 11.6. The Morgan fingerprint density at radius 3 is 2.43 bits per heavy atom. The molecule has 1 aromatic rings. The van der Waals surface area contributed by atoms with Gasteiger partial charge in [-0.05, 0) is 35.7 Å². The number of hydrogen-bond donors (Lipinski definition) is 2. The molecule has 5 heteroatoms. The van der Waals surface area contributed by atoms with E-state index in [2.05, 4.69) is 33.0 Å². The standard InChI is InChI=1S/C16H23NO3S/c1-8-6-10(16(3,4)5)7-11-12(8)13(15(19)20)14(21-11)17-9(2)18/h8,10H,6-7H2,1-5H3,(H,17,18)(H,19,20). The summed E-state index contributed by atoms with van der Waals surface area (Å²) in [6.07, 6.45) is 1.89. The molecule has 1 aliphatic rings. The van der Waals surface area contributed by atoms with E-state index >= 15 is 0 Å². The number of rotatable bonds is 2. The van der Waals surface area contributed by atoms with Crippen LogP contribution in [0.3, 0.4) is 0 Å². The quantitative estimate of drug-likeness (QED) is 0.863. The van der Waals surface area contributed by atoms with Crippen molar-refractivity contribution in [1.82, 2.24) is 0 Å². The smallest absolute Gasteiger partial charge is 0.339 e. The molecule has 2 atom stereocenters. The van der Waals surface area contributed by atoms with E-state index in [4.69, 9.17) is 0 Å². The Balaban J connectivity index is 2.49. The number of aromatic carboxylic acids is 1. The highest BCUT2D eigenvalue weighted by Crippen LogP contribution is 2.48. The molecular weight excluding hydrogens is 286 g/mol. The number of anilines is 1. The van der Waals surface area contributed by atoms with Crippen molar-refractivity contribution in [2.24, 2.45) is 11.3 Å². The van der Waals surface area contributed by atoms with Gasteiger partial charge in [0, 0.05) is 11.8 Å². The van der Waals surface area contributed by atoms with Crippen LogP contribution >= 0.6 is 11.3 Å². The fourth-order valence-electron chi connectivity index (χ4n) is 3.14. The monoisotopic (exact) mass is 309 g/mol. The van der Waals surface area contributed by atoms with Crippen LogP contribution in [0.25, 0.3) is 0 Å². The van der Waals surface area contributed by atoms with Gasteiger partial charge in [0.25, 0.3) is 0 Å². The van der Waals surface area contributed by atoms with Gasteiger partial charge >= 0.3 is 5.97 Å². The van der Waals surface area contributed by atoms with Gasteiger partial charge in [0.05, 0.1) is 5.56 Å². The molecule has 0 bridgehead atoms. The number of hydrogen-bond acceptors (Lipinski definition) is 3. The van der Waals surface area contributed by atoms with Crippen molar-refractivity contribution in [1.29, 1.82) is 0 Å². The summed E-state index contributed by atoms with van der Waals surface area (Å²) in [5.41, 5.74) is 1.43. The van der Waals surface area contributed by atoms with Crippen LogP contribution in [-0.2, 0) is 11.2 Å². The first-order chi connectivity index (χ1) is 9.61. The Labute approximate surface area is 129 Å². The van der Waals surface area contributed by atoms with E-state index in [1.165, 1.54) is 18.3 Å². The first kappa shape index (κ1) is 16.0. The second-order valence-corrected chi connectivity index (χ2v) is 8.14. The molecule has 21 heavy (non-hydrogen) atoms. The van der Waals surface area contributed by atoms with Gasteiger partial charge in [0.2, 0.25) is 5.91 Å².